The zero-order chi connectivity index (χ0) is 10.9. The van der Waals surface area contributed by atoms with Crippen LogP contribution in [0.3, 0.4) is 0 Å². The van der Waals surface area contributed by atoms with Crippen molar-refractivity contribution in [3.8, 4) is 0 Å². The Morgan fingerprint density at radius 1 is 1.21 bits per heavy atom. The molecule has 0 saturated carbocycles. The van der Waals surface area contributed by atoms with Crippen molar-refractivity contribution in [1.29, 1.82) is 0 Å². The van der Waals surface area contributed by atoms with Crippen molar-refractivity contribution < 1.29 is 13.2 Å². The predicted octanol–water partition coefficient (Wildman–Crippen LogP) is 3.77. The van der Waals surface area contributed by atoms with Crippen molar-refractivity contribution in [2.75, 3.05) is 0 Å². The number of hydrogen-bond donors (Lipinski definition) is 1. The van der Waals surface area contributed by atoms with Gasteiger partial charge >= 0.3 is 6.18 Å². The summed E-state index contributed by atoms with van der Waals surface area (Å²) in [4.78, 5) is 0. The quantitative estimate of drug-likeness (QED) is 0.832. The summed E-state index contributed by atoms with van der Waals surface area (Å²) in [6.07, 6.45) is -4.43. The van der Waals surface area contributed by atoms with Gasteiger partial charge in [-0.05, 0) is 23.8 Å². The lowest BCUT2D eigenvalue weighted by atomic mass is 10.1. The fraction of sp³-hybridized carbons (Fsp3) is 0.250. The van der Waals surface area contributed by atoms with E-state index in [1.807, 2.05) is 0 Å². The first-order chi connectivity index (χ1) is 6.32. The van der Waals surface area contributed by atoms with Crippen molar-refractivity contribution in [1.82, 2.24) is 0 Å². The van der Waals surface area contributed by atoms with Gasteiger partial charge in [0.25, 0.3) is 0 Å². The van der Waals surface area contributed by atoms with Crippen LogP contribution in [0.15, 0.2) is 27.1 Å². The number of rotatable bonds is 1. The zero-order valence-electron chi connectivity index (χ0n) is 6.78. The Balaban J connectivity index is 3.12. The maximum atomic E-state index is 12.3. The van der Waals surface area contributed by atoms with Gasteiger partial charge in [-0.15, -0.1) is 0 Å². The molecular weight excluding hydrogens is 327 g/mol. The first kappa shape index (κ1) is 12.0. The molecule has 14 heavy (non-hydrogen) atoms. The van der Waals surface area contributed by atoms with Gasteiger partial charge in [-0.3, -0.25) is 0 Å². The molecule has 1 aromatic carbocycles. The topological polar surface area (TPSA) is 26.0 Å². The monoisotopic (exact) mass is 331 g/mol. The van der Waals surface area contributed by atoms with Gasteiger partial charge in [0.1, 0.15) is 6.04 Å². The van der Waals surface area contributed by atoms with Gasteiger partial charge in [0.05, 0.1) is 0 Å². The van der Waals surface area contributed by atoms with Crippen molar-refractivity contribution in [3.63, 3.8) is 0 Å². The second kappa shape index (κ2) is 4.20. The van der Waals surface area contributed by atoms with Crippen LogP contribution in [-0.2, 0) is 0 Å². The molecule has 0 saturated heterocycles. The molecule has 1 rings (SSSR count). The number of nitrogens with two attached hydrogens (primary N) is 1. The molecule has 0 aliphatic heterocycles. The minimum atomic E-state index is -4.43. The molecule has 1 atom stereocenters. The van der Waals surface area contributed by atoms with Crippen molar-refractivity contribution in [3.05, 3.63) is 32.7 Å². The van der Waals surface area contributed by atoms with Crippen LogP contribution in [0.4, 0.5) is 13.2 Å². The standard InChI is InChI=1S/C8H6Br2F3N/c9-4-1-2-6(10)5(3-4)7(14)8(11,12)13/h1-3,7H,14H2. The summed E-state index contributed by atoms with van der Waals surface area (Å²) in [5.41, 5.74) is 5.09. The van der Waals surface area contributed by atoms with Crippen molar-refractivity contribution in [2.24, 2.45) is 5.73 Å². The molecule has 0 bridgehead atoms. The highest BCUT2D eigenvalue weighted by molar-refractivity contribution is 9.11. The van der Waals surface area contributed by atoms with E-state index in [0.717, 1.165) is 0 Å². The molecular formula is C8H6Br2F3N. The summed E-state index contributed by atoms with van der Waals surface area (Å²) in [6, 6.07) is 2.54. The van der Waals surface area contributed by atoms with Gasteiger partial charge in [0.2, 0.25) is 0 Å². The Bertz CT molecular complexity index is 338. The molecule has 0 radical (unpaired) electrons. The molecule has 78 valence electrons. The molecule has 2 N–H and O–H groups in total. The number of alkyl halides is 3. The van der Waals surface area contributed by atoms with E-state index >= 15 is 0 Å². The Kier molecular flexibility index (Phi) is 3.60. The van der Waals surface area contributed by atoms with Gasteiger partial charge in [-0.1, -0.05) is 31.9 Å². The third-order valence-corrected chi connectivity index (χ3v) is 2.86. The van der Waals surface area contributed by atoms with Gasteiger partial charge in [0.15, 0.2) is 0 Å². The number of halogens is 5. The van der Waals surface area contributed by atoms with E-state index in [2.05, 4.69) is 31.9 Å². The SMILES string of the molecule is NC(c1cc(Br)ccc1Br)C(F)(F)F. The average molecular weight is 333 g/mol. The van der Waals surface area contributed by atoms with E-state index < -0.39 is 12.2 Å². The Labute approximate surface area is 95.7 Å². The zero-order valence-corrected chi connectivity index (χ0v) is 9.95. The second-order valence-corrected chi connectivity index (χ2v) is 4.46. The van der Waals surface area contributed by atoms with Crippen LogP contribution >= 0.6 is 31.9 Å². The van der Waals surface area contributed by atoms with Crippen molar-refractivity contribution in [2.45, 2.75) is 12.2 Å². The highest BCUT2D eigenvalue weighted by Gasteiger charge is 2.38. The minimum absolute atomic E-state index is 0.0203. The summed E-state index contributed by atoms with van der Waals surface area (Å²) in [5, 5.41) is 0. The molecule has 0 aromatic heterocycles. The van der Waals surface area contributed by atoms with Crippen LogP contribution in [0.2, 0.25) is 0 Å². The van der Waals surface area contributed by atoms with Crippen LogP contribution in [0.5, 0.6) is 0 Å². The predicted molar refractivity (Wildman–Crippen MR) is 54.8 cm³/mol. The van der Waals surface area contributed by atoms with Crippen LogP contribution in [0.1, 0.15) is 11.6 Å². The largest absolute Gasteiger partial charge is 0.407 e. The van der Waals surface area contributed by atoms with E-state index in [1.54, 1.807) is 6.07 Å². The van der Waals surface area contributed by atoms with E-state index in [1.165, 1.54) is 12.1 Å². The summed E-state index contributed by atoms with van der Waals surface area (Å²) in [6.45, 7) is 0. The molecule has 1 nitrogen and oxygen atoms in total. The van der Waals surface area contributed by atoms with Crippen LogP contribution in [-0.4, -0.2) is 6.18 Å². The van der Waals surface area contributed by atoms with Crippen LogP contribution in [0, 0.1) is 0 Å². The first-order valence-electron chi connectivity index (χ1n) is 3.59. The van der Waals surface area contributed by atoms with E-state index in [9.17, 15) is 13.2 Å². The maximum Gasteiger partial charge on any atom is 0.407 e. The molecule has 0 aliphatic rings. The molecule has 0 amide bonds. The molecule has 6 heteroatoms. The lowest BCUT2D eigenvalue weighted by molar-refractivity contribution is -0.149. The summed E-state index contributed by atoms with van der Waals surface area (Å²) in [5.74, 6) is 0. The third kappa shape index (κ3) is 2.71. The van der Waals surface area contributed by atoms with Crippen LogP contribution in [0.25, 0.3) is 0 Å². The van der Waals surface area contributed by atoms with Gasteiger partial charge in [-0.2, -0.15) is 13.2 Å². The summed E-state index contributed by atoms with van der Waals surface area (Å²) >= 11 is 6.11. The highest BCUT2D eigenvalue weighted by Crippen LogP contribution is 2.35. The molecule has 1 aromatic rings. The Morgan fingerprint density at radius 2 is 1.79 bits per heavy atom. The fourth-order valence-corrected chi connectivity index (χ4v) is 1.80. The summed E-state index contributed by atoms with van der Waals surface area (Å²) in [7, 11) is 0. The smallest absolute Gasteiger partial charge is 0.316 e. The molecule has 1 unspecified atom stereocenters. The minimum Gasteiger partial charge on any atom is -0.316 e. The van der Waals surface area contributed by atoms with Gasteiger partial charge in [-0.25, -0.2) is 0 Å². The molecule has 0 spiro atoms. The maximum absolute atomic E-state index is 12.3. The van der Waals surface area contributed by atoms with Gasteiger partial charge < -0.3 is 5.73 Å². The third-order valence-electron chi connectivity index (χ3n) is 1.65. The lowest BCUT2D eigenvalue weighted by Crippen LogP contribution is -2.28. The Hall–Kier alpha value is -0.0700. The number of benzene rings is 1. The van der Waals surface area contributed by atoms with Crippen LogP contribution < -0.4 is 5.73 Å². The normalized spacial score (nSPS) is 14.1. The van der Waals surface area contributed by atoms with Crippen molar-refractivity contribution >= 4 is 31.9 Å². The second-order valence-electron chi connectivity index (χ2n) is 2.69. The lowest BCUT2D eigenvalue weighted by Gasteiger charge is -2.17. The van der Waals surface area contributed by atoms with E-state index in [4.69, 9.17) is 5.73 Å². The van der Waals surface area contributed by atoms with Gasteiger partial charge in [0, 0.05) is 8.95 Å². The Morgan fingerprint density at radius 3 is 2.29 bits per heavy atom. The fourth-order valence-electron chi connectivity index (χ4n) is 0.929. The molecule has 0 fully saturated rings. The molecule has 0 aliphatic carbocycles. The highest BCUT2D eigenvalue weighted by atomic mass is 79.9. The number of hydrogen-bond acceptors (Lipinski definition) is 1. The summed E-state index contributed by atoms with van der Waals surface area (Å²) < 4.78 is 37.8. The first-order valence-corrected chi connectivity index (χ1v) is 5.18. The van der Waals surface area contributed by atoms with E-state index in [-0.39, 0.29) is 5.56 Å². The van der Waals surface area contributed by atoms with E-state index in [0.29, 0.717) is 8.95 Å². The average Bonchev–Trinajstić information content (AvgIpc) is 2.06. The molecule has 0 heterocycles.